The van der Waals surface area contributed by atoms with E-state index in [1.165, 1.54) is 41.5 Å². The largest absolute Gasteiger partial charge is 0.348 e. The lowest BCUT2D eigenvalue weighted by atomic mass is 9.92. The summed E-state index contributed by atoms with van der Waals surface area (Å²) in [6, 6.07) is 9.19. The summed E-state index contributed by atoms with van der Waals surface area (Å²) in [4.78, 5) is 19.9. The molecular formula is C26H40N4O. The molecule has 0 saturated carbocycles. The van der Waals surface area contributed by atoms with Crippen molar-refractivity contribution in [2.45, 2.75) is 58.0 Å². The van der Waals surface area contributed by atoms with E-state index in [0.29, 0.717) is 24.3 Å². The number of benzene rings is 1. The van der Waals surface area contributed by atoms with Gasteiger partial charge in [0.05, 0.1) is 0 Å². The summed E-state index contributed by atoms with van der Waals surface area (Å²) in [7, 11) is 6.37. The average molecular weight is 425 g/mol. The van der Waals surface area contributed by atoms with Crippen molar-refractivity contribution in [3.8, 4) is 0 Å². The van der Waals surface area contributed by atoms with Crippen LogP contribution < -0.4 is 0 Å². The highest BCUT2D eigenvalue weighted by atomic mass is 16.2. The molecule has 31 heavy (non-hydrogen) atoms. The van der Waals surface area contributed by atoms with Crippen molar-refractivity contribution in [3.63, 3.8) is 0 Å². The van der Waals surface area contributed by atoms with E-state index in [-0.39, 0.29) is 0 Å². The highest BCUT2D eigenvalue weighted by molar-refractivity contribution is 5.85. The number of aromatic nitrogens is 1. The van der Waals surface area contributed by atoms with Crippen molar-refractivity contribution in [3.05, 3.63) is 35.5 Å². The Morgan fingerprint density at radius 1 is 1.10 bits per heavy atom. The van der Waals surface area contributed by atoms with Crippen LogP contribution >= 0.6 is 0 Å². The maximum Gasteiger partial charge on any atom is 0.222 e. The molecule has 0 aliphatic carbocycles. The average Bonchev–Trinajstić information content (AvgIpc) is 3.03. The van der Waals surface area contributed by atoms with E-state index in [1.807, 2.05) is 11.9 Å². The number of nitrogens with zero attached hydrogens (tertiary/aromatic N) is 4. The van der Waals surface area contributed by atoms with E-state index in [1.54, 1.807) is 0 Å². The Morgan fingerprint density at radius 3 is 2.61 bits per heavy atom. The van der Waals surface area contributed by atoms with E-state index in [0.717, 1.165) is 45.4 Å². The summed E-state index contributed by atoms with van der Waals surface area (Å²) in [5.74, 6) is 0.982. The molecule has 0 unspecified atom stereocenters. The second-order valence-electron chi connectivity index (χ2n) is 9.96. The molecule has 0 radical (unpaired) electrons. The third kappa shape index (κ3) is 4.98. The van der Waals surface area contributed by atoms with Crippen LogP contribution in [0.2, 0.25) is 0 Å². The summed E-state index contributed by atoms with van der Waals surface area (Å²) in [5, 5.41) is 1.39. The number of likely N-dealkylation sites (tertiary alicyclic amines) is 2. The molecule has 2 aliphatic heterocycles. The third-order valence-corrected chi connectivity index (χ3v) is 7.91. The van der Waals surface area contributed by atoms with Gasteiger partial charge in [-0.1, -0.05) is 18.2 Å². The first kappa shape index (κ1) is 22.3. The van der Waals surface area contributed by atoms with Crippen molar-refractivity contribution < 1.29 is 4.79 Å². The van der Waals surface area contributed by atoms with Crippen LogP contribution in [0, 0.1) is 12.8 Å². The molecule has 170 valence electrons. The number of fused-ring (bicyclic) bond motifs is 1. The summed E-state index contributed by atoms with van der Waals surface area (Å²) < 4.78 is 2.32. The number of carbonyl (C=O) groups is 1. The van der Waals surface area contributed by atoms with Gasteiger partial charge in [-0.25, -0.2) is 0 Å². The van der Waals surface area contributed by atoms with Crippen molar-refractivity contribution in [2.24, 2.45) is 13.0 Å². The van der Waals surface area contributed by atoms with Gasteiger partial charge >= 0.3 is 0 Å². The van der Waals surface area contributed by atoms with Crippen LogP contribution in [0.1, 0.15) is 49.8 Å². The van der Waals surface area contributed by atoms with Gasteiger partial charge in [-0.3, -0.25) is 9.69 Å². The van der Waals surface area contributed by atoms with Crippen molar-refractivity contribution >= 4 is 16.8 Å². The molecule has 2 fully saturated rings. The predicted octanol–water partition coefficient (Wildman–Crippen LogP) is 4.03. The van der Waals surface area contributed by atoms with Gasteiger partial charge in [0.2, 0.25) is 5.91 Å². The number of piperidine rings is 2. The van der Waals surface area contributed by atoms with Gasteiger partial charge in [-0.05, 0) is 83.3 Å². The molecule has 0 spiro atoms. The molecule has 4 rings (SSSR count). The number of aryl methyl sites for hydroxylation is 1. The van der Waals surface area contributed by atoms with E-state index < -0.39 is 0 Å². The minimum absolute atomic E-state index is 0.344. The highest BCUT2D eigenvalue weighted by Crippen LogP contribution is 2.29. The Bertz CT molecular complexity index is 896. The third-order valence-electron chi connectivity index (χ3n) is 7.91. The lowest BCUT2D eigenvalue weighted by Gasteiger charge is -2.36. The zero-order valence-corrected chi connectivity index (χ0v) is 19.9. The maximum atomic E-state index is 12.8. The normalized spacial score (nSPS) is 21.6. The number of para-hydroxylation sites is 1. The van der Waals surface area contributed by atoms with Gasteiger partial charge in [0.1, 0.15) is 0 Å². The van der Waals surface area contributed by atoms with Crippen molar-refractivity contribution in [2.75, 3.05) is 40.3 Å². The van der Waals surface area contributed by atoms with Crippen LogP contribution in [0.15, 0.2) is 24.3 Å². The molecule has 0 bridgehead atoms. The predicted molar refractivity (Wildman–Crippen MR) is 128 cm³/mol. The Morgan fingerprint density at radius 2 is 1.84 bits per heavy atom. The Balaban J connectivity index is 1.31. The van der Waals surface area contributed by atoms with E-state index >= 15 is 0 Å². The Hall–Kier alpha value is -1.85. The molecular weight excluding hydrogens is 384 g/mol. The first-order valence-electron chi connectivity index (χ1n) is 12.1. The number of hydrogen-bond acceptors (Lipinski definition) is 3. The SMILES string of the molecule is Cc1c(CN2CCC[C@H](CCC(=O)N(C)C3CCN(C)CC3)C2)c2ccccc2n1C. The lowest BCUT2D eigenvalue weighted by molar-refractivity contribution is -0.133. The molecule has 0 N–H and O–H groups in total. The van der Waals surface area contributed by atoms with E-state index in [4.69, 9.17) is 0 Å². The summed E-state index contributed by atoms with van der Waals surface area (Å²) in [6.07, 6.45) is 6.46. The van der Waals surface area contributed by atoms with Gasteiger partial charge in [0, 0.05) is 56.2 Å². The summed E-state index contributed by atoms with van der Waals surface area (Å²) in [6.45, 7) is 7.76. The number of rotatable bonds is 6. The minimum Gasteiger partial charge on any atom is -0.348 e. The lowest BCUT2D eigenvalue weighted by Crippen LogP contribution is -2.44. The molecule has 5 nitrogen and oxygen atoms in total. The monoisotopic (exact) mass is 424 g/mol. The molecule has 1 aromatic carbocycles. The number of carbonyl (C=O) groups excluding carboxylic acids is 1. The van der Waals surface area contributed by atoms with Crippen LogP contribution in [0.3, 0.4) is 0 Å². The fourth-order valence-electron chi connectivity index (χ4n) is 5.64. The van der Waals surface area contributed by atoms with Gasteiger partial charge in [-0.2, -0.15) is 0 Å². The standard InChI is InChI=1S/C26H40N4O/c1-20-24(23-9-5-6-10-25(23)28(20)3)19-30-15-7-8-21(18-30)11-12-26(31)29(4)22-13-16-27(2)17-14-22/h5-6,9-10,21-22H,7-8,11-19H2,1-4H3/t21-/m1/s1. The summed E-state index contributed by atoms with van der Waals surface area (Å²) >= 11 is 0. The van der Waals surface area contributed by atoms with Crippen molar-refractivity contribution in [1.29, 1.82) is 0 Å². The van der Waals surface area contributed by atoms with E-state index in [9.17, 15) is 4.79 Å². The van der Waals surface area contributed by atoms with Crippen LogP contribution in [-0.2, 0) is 18.4 Å². The van der Waals surface area contributed by atoms with E-state index in [2.05, 4.69) is 59.7 Å². The number of amides is 1. The summed E-state index contributed by atoms with van der Waals surface area (Å²) in [5.41, 5.74) is 4.17. The van der Waals surface area contributed by atoms with Gasteiger partial charge < -0.3 is 14.4 Å². The first-order valence-corrected chi connectivity index (χ1v) is 12.1. The molecule has 5 heteroatoms. The first-order chi connectivity index (χ1) is 14.9. The van der Waals surface area contributed by atoms with Crippen molar-refractivity contribution in [1.82, 2.24) is 19.3 Å². The molecule has 2 aromatic rings. The fourth-order valence-corrected chi connectivity index (χ4v) is 5.64. The van der Waals surface area contributed by atoms with Crippen LogP contribution in [0.4, 0.5) is 0 Å². The topological polar surface area (TPSA) is 31.7 Å². The maximum absolute atomic E-state index is 12.8. The molecule has 2 saturated heterocycles. The van der Waals surface area contributed by atoms with Gasteiger partial charge in [0.15, 0.2) is 0 Å². The van der Waals surface area contributed by atoms with Gasteiger partial charge in [-0.15, -0.1) is 0 Å². The smallest absolute Gasteiger partial charge is 0.222 e. The second-order valence-corrected chi connectivity index (χ2v) is 9.96. The Labute approximate surface area is 188 Å². The highest BCUT2D eigenvalue weighted by Gasteiger charge is 2.26. The van der Waals surface area contributed by atoms with Gasteiger partial charge in [0.25, 0.3) is 0 Å². The molecule has 3 heterocycles. The van der Waals surface area contributed by atoms with Crippen LogP contribution in [-0.4, -0.2) is 71.5 Å². The molecule has 1 amide bonds. The van der Waals surface area contributed by atoms with Crippen LogP contribution in [0.5, 0.6) is 0 Å². The second kappa shape index (κ2) is 9.74. The Kier molecular flexibility index (Phi) is 7.02. The zero-order chi connectivity index (χ0) is 22.0. The zero-order valence-electron chi connectivity index (χ0n) is 19.9. The minimum atomic E-state index is 0.344. The molecule has 2 aliphatic rings. The number of hydrogen-bond donors (Lipinski definition) is 0. The fraction of sp³-hybridized carbons (Fsp3) is 0.654. The molecule has 1 atom stereocenters. The van der Waals surface area contributed by atoms with Crippen LogP contribution in [0.25, 0.3) is 10.9 Å². The quantitative estimate of drug-likeness (QED) is 0.702. The molecule has 1 aromatic heterocycles.